The van der Waals surface area contributed by atoms with Gasteiger partial charge in [-0.25, -0.2) is 0 Å². The Morgan fingerprint density at radius 1 is 0.963 bits per heavy atom. The number of aryl methyl sites for hydroxylation is 1. The topological polar surface area (TPSA) is 57.2 Å². The van der Waals surface area contributed by atoms with Gasteiger partial charge in [0.05, 0.1) is 6.20 Å². The van der Waals surface area contributed by atoms with Crippen LogP contribution in [0.2, 0.25) is 5.02 Å². The van der Waals surface area contributed by atoms with Crippen LogP contribution in [0.5, 0.6) is 0 Å². The molecular formula is C20H21ClN6. The highest BCUT2D eigenvalue weighted by Gasteiger charge is 2.19. The van der Waals surface area contributed by atoms with Crippen molar-refractivity contribution in [2.24, 2.45) is 0 Å². The quantitative estimate of drug-likeness (QED) is 0.740. The highest BCUT2D eigenvalue weighted by atomic mass is 35.5. The summed E-state index contributed by atoms with van der Waals surface area (Å²) in [7, 11) is 0. The second-order valence-electron chi connectivity index (χ2n) is 6.54. The van der Waals surface area contributed by atoms with E-state index in [1.807, 2.05) is 31.2 Å². The van der Waals surface area contributed by atoms with E-state index in [0.29, 0.717) is 11.0 Å². The molecule has 27 heavy (non-hydrogen) atoms. The third kappa shape index (κ3) is 4.11. The molecule has 6 nitrogen and oxygen atoms in total. The Kier molecular flexibility index (Phi) is 5.07. The number of aromatic nitrogens is 3. The molecule has 3 aromatic rings. The Morgan fingerprint density at radius 3 is 2.44 bits per heavy atom. The van der Waals surface area contributed by atoms with Crippen molar-refractivity contribution >= 4 is 34.7 Å². The molecule has 1 fully saturated rings. The number of anilines is 4. The minimum absolute atomic E-state index is 0.470. The van der Waals surface area contributed by atoms with E-state index in [2.05, 4.69) is 54.6 Å². The first kappa shape index (κ1) is 17.5. The average Bonchev–Trinajstić information content (AvgIpc) is 2.72. The minimum Gasteiger partial charge on any atom is -0.368 e. The lowest BCUT2D eigenvalue weighted by Crippen LogP contribution is -2.46. The van der Waals surface area contributed by atoms with Crippen LogP contribution in [0.25, 0.3) is 0 Å². The summed E-state index contributed by atoms with van der Waals surface area (Å²) in [6.07, 6.45) is 1.71. The summed E-state index contributed by atoms with van der Waals surface area (Å²) < 4.78 is 0. The molecule has 0 amide bonds. The van der Waals surface area contributed by atoms with Crippen LogP contribution in [0.15, 0.2) is 54.7 Å². The van der Waals surface area contributed by atoms with Gasteiger partial charge in [-0.05, 0) is 36.8 Å². The summed E-state index contributed by atoms with van der Waals surface area (Å²) in [5, 5.41) is 12.1. The summed E-state index contributed by atoms with van der Waals surface area (Å²) >= 11 is 6.19. The number of nitrogens with one attached hydrogen (secondary N) is 1. The lowest BCUT2D eigenvalue weighted by molar-refractivity contribution is 0.645. The molecule has 138 valence electrons. The van der Waals surface area contributed by atoms with Crippen LogP contribution < -0.4 is 15.1 Å². The van der Waals surface area contributed by atoms with Crippen molar-refractivity contribution in [3.8, 4) is 0 Å². The number of rotatable bonds is 4. The Morgan fingerprint density at radius 2 is 1.70 bits per heavy atom. The van der Waals surface area contributed by atoms with Crippen molar-refractivity contribution < 1.29 is 0 Å². The highest BCUT2D eigenvalue weighted by Crippen LogP contribution is 2.23. The Balaban J connectivity index is 1.43. The number of hydrogen-bond acceptors (Lipinski definition) is 6. The molecule has 0 saturated carbocycles. The first-order chi connectivity index (χ1) is 13.2. The second kappa shape index (κ2) is 7.80. The van der Waals surface area contributed by atoms with Crippen molar-refractivity contribution in [2.75, 3.05) is 41.3 Å². The fourth-order valence-corrected chi connectivity index (χ4v) is 3.31. The third-order valence-corrected chi connectivity index (χ3v) is 5.11. The van der Waals surface area contributed by atoms with E-state index in [1.165, 1.54) is 5.69 Å². The number of benzene rings is 2. The first-order valence-corrected chi connectivity index (χ1v) is 9.35. The molecule has 0 radical (unpaired) electrons. The molecule has 0 atom stereocenters. The predicted molar refractivity (Wildman–Crippen MR) is 110 cm³/mol. The van der Waals surface area contributed by atoms with Crippen molar-refractivity contribution in [3.63, 3.8) is 0 Å². The fourth-order valence-electron chi connectivity index (χ4n) is 3.13. The van der Waals surface area contributed by atoms with Crippen LogP contribution in [0.4, 0.5) is 23.1 Å². The second-order valence-corrected chi connectivity index (χ2v) is 6.94. The Labute approximate surface area is 163 Å². The molecule has 1 aliphatic rings. The van der Waals surface area contributed by atoms with E-state index in [-0.39, 0.29) is 0 Å². The van der Waals surface area contributed by atoms with Gasteiger partial charge in [0.25, 0.3) is 0 Å². The van der Waals surface area contributed by atoms with Gasteiger partial charge in [-0.2, -0.15) is 10.1 Å². The van der Waals surface area contributed by atoms with Crippen LogP contribution >= 0.6 is 11.6 Å². The average molecular weight is 381 g/mol. The lowest BCUT2D eigenvalue weighted by Gasteiger charge is -2.36. The van der Waals surface area contributed by atoms with E-state index in [1.54, 1.807) is 6.20 Å². The summed E-state index contributed by atoms with van der Waals surface area (Å²) in [6.45, 7) is 5.65. The zero-order valence-corrected chi connectivity index (χ0v) is 15.9. The van der Waals surface area contributed by atoms with Crippen molar-refractivity contribution in [1.29, 1.82) is 0 Å². The van der Waals surface area contributed by atoms with Gasteiger partial charge in [-0.1, -0.05) is 35.9 Å². The van der Waals surface area contributed by atoms with Crippen LogP contribution in [0.1, 0.15) is 5.56 Å². The van der Waals surface area contributed by atoms with Gasteiger partial charge in [0.1, 0.15) is 0 Å². The predicted octanol–water partition coefficient (Wildman–Crippen LogP) is 3.90. The van der Waals surface area contributed by atoms with E-state index in [4.69, 9.17) is 11.6 Å². The van der Waals surface area contributed by atoms with Crippen LogP contribution in [0, 0.1) is 6.92 Å². The molecule has 2 aromatic carbocycles. The lowest BCUT2D eigenvalue weighted by atomic mass is 10.2. The number of para-hydroxylation sites is 1. The highest BCUT2D eigenvalue weighted by molar-refractivity contribution is 6.31. The standard InChI is InChI=1S/C20H21ClN6/c1-15-7-8-16(13-18(15)21)23-20-24-19(14-22-25-20)27-11-9-26(10-12-27)17-5-3-2-4-6-17/h2-8,13-14H,9-12H2,1H3,(H,23,24,25). The molecule has 0 spiro atoms. The molecule has 1 aromatic heterocycles. The van der Waals surface area contributed by atoms with Crippen molar-refractivity contribution in [3.05, 3.63) is 65.3 Å². The first-order valence-electron chi connectivity index (χ1n) is 8.97. The van der Waals surface area contributed by atoms with Crippen LogP contribution in [-0.4, -0.2) is 41.4 Å². The molecule has 1 saturated heterocycles. The van der Waals surface area contributed by atoms with Gasteiger partial charge < -0.3 is 15.1 Å². The fraction of sp³-hybridized carbons (Fsp3) is 0.250. The van der Waals surface area contributed by atoms with Crippen LogP contribution in [-0.2, 0) is 0 Å². The van der Waals surface area contributed by atoms with Gasteiger partial charge in [0.2, 0.25) is 5.95 Å². The molecule has 1 N–H and O–H groups in total. The smallest absolute Gasteiger partial charge is 0.249 e. The minimum atomic E-state index is 0.470. The number of piperazine rings is 1. The van der Waals surface area contributed by atoms with Crippen molar-refractivity contribution in [1.82, 2.24) is 15.2 Å². The van der Waals surface area contributed by atoms with E-state index in [9.17, 15) is 0 Å². The summed E-state index contributed by atoms with van der Waals surface area (Å²) in [5.41, 5.74) is 3.14. The number of nitrogens with zero attached hydrogens (tertiary/aromatic N) is 5. The van der Waals surface area contributed by atoms with Crippen molar-refractivity contribution in [2.45, 2.75) is 6.92 Å². The molecule has 4 rings (SSSR count). The summed E-state index contributed by atoms with van der Waals surface area (Å²) in [5.74, 6) is 1.30. The maximum atomic E-state index is 6.19. The van der Waals surface area contributed by atoms with Crippen LogP contribution in [0.3, 0.4) is 0 Å². The largest absolute Gasteiger partial charge is 0.368 e. The van der Waals surface area contributed by atoms with Gasteiger partial charge in [-0.15, -0.1) is 5.10 Å². The normalized spacial score (nSPS) is 14.3. The monoisotopic (exact) mass is 380 g/mol. The molecule has 1 aliphatic heterocycles. The summed E-state index contributed by atoms with van der Waals surface area (Å²) in [6, 6.07) is 16.3. The van der Waals surface area contributed by atoms with Gasteiger partial charge >= 0.3 is 0 Å². The summed E-state index contributed by atoms with van der Waals surface area (Å²) in [4.78, 5) is 9.25. The molecular weight excluding hydrogens is 360 g/mol. The molecule has 7 heteroatoms. The molecule has 2 heterocycles. The zero-order chi connectivity index (χ0) is 18.6. The molecule has 0 unspecified atom stereocenters. The SMILES string of the molecule is Cc1ccc(Nc2nncc(N3CCN(c4ccccc4)CC3)n2)cc1Cl. The Bertz CT molecular complexity index is 909. The zero-order valence-electron chi connectivity index (χ0n) is 15.1. The van der Waals surface area contributed by atoms with Gasteiger partial charge in [-0.3, -0.25) is 0 Å². The van der Waals surface area contributed by atoms with E-state index < -0.39 is 0 Å². The maximum Gasteiger partial charge on any atom is 0.249 e. The molecule has 0 aliphatic carbocycles. The third-order valence-electron chi connectivity index (χ3n) is 4.70. The van der Waals surface area contributed by atoms with E-state index >= 15 is 0 Å². The maximum absolute atomic E-state index is 6.19. The Hall–Kier alpha value is -2.86. The van der Waals surface area contributed by atoms with Gasteiger partial charge in [0.15, 0.2) is 5.82 Å². The number of hydrogen-bond donors (Lipinski definition) is 1. The number of halogens is 1. The van der Waals surface area contributed by atoms with Gasteiger partial charge in [0, 0.05) is 42.6 Å². The molecule has 0 bridgehead atoms. The van der Waals surface area contributed by atoms with E-state index in [0.717, 1.165) is 43.2 Å².